The number of likely N-dealkylation sites (tertiary alicyclic amines) is 1. The second-order valence-corrected chi connectivity index (χ2v) is 7.31. The Labute approximate surface area is 174 Å². The van der Waals surface area contributed by atoms with E-state index in [9.17, 15) is 0 Å². The number of hydrogen-bond acceptors (Lipinski definition) is 4. The van der Waals surface area contributed by atoms with Crippen molar-refractivity contribution in [2.24, 2.45) is 4.99 Å². The minimum Gasteiger partial charge on any atom is -0.385 e. The van der Waals surface area contributed by atoms with Gasteiger partial charge >= 0.3 is 0 Å². The highest BCUT2D eigenvalue weighted by atomic mass is 35.5. The Morgan fingerprint density at radius 2 is 2.07 bits per heavy atom. The molecule has 1 aliphatic rings. The van der Waals surface area contributed by atoms with E-state index < -0.39 is 0 Å². The molecule has 2 rings (SSSR count). The molecule has 0 amide bonds. The van der Waals surface area contributed by atoms with Crippen molar-refractivity contribution >= 4 is 17.6 Å². The maximum atomic E-state index is 6.12. The van der Waals surface area contributed by atoms with E-state index in [4.69, 9.17) is 30.8 Å². The standard InChI is InChI=1S/C21H34ClN3O3/c1-4-23-21(24-16-20(27-3)17-7-5-8-18(22)15-17)25-11-9-19(10-12-25)28-14-6-13-26-2/h5,7-8,15,19-20H,4,6,9-14,16H2,1-3H3,(H,23,24). The molecular formula is C21H34ClN3O3. The summed E-state index contributed by atoms with van der Waals surface area (Å²) in [5.74, 6) is 0.935. The molecule has 6 nitrogen and oxygen atoms in total. The second kappa shape index (κ2) is 13.0. The molecule has 0 radical (unpaired) electrons. The van der Waals surface area contributed by atoms with E-state index in [0.717, 1.165) is 63.6 Å². The molecule has 1 N–H and O–H groups in total. The quantitative estimate of drug-likeness (QED) is 0.362. The summed E-state index contributed by atoms with van der Waals surface area (Å²) in [5, 5.41) is 4.12. The zero-order valence-electron chi connectivity index (χ0n) is 17.3. The van der Waals surface area contributed by atoms with Crippen LogP contribution in [-0.2, 0) is 14.2 Å². The van der Waals surface area contributed by atoms with Crippen LogP contribution in [0, 0.1) is 0 Å². The number of benzene rings is 1. The van der Waals surface area contributed by atoms with E-state index in [2.05, 4.69) is 17.1 Å². The van der Waals surface area contributed by atoms with Gasteiger partial charge in [0.1, 0.15) is 6.10 Å². The lowest BCUT2D eigenvalue weighted by Gasteiger charge is -2.34. The monoisotopic (exact) mass is 411 g/mol. The fraction of sp³-hybridized carbons (Fsp3) is 0.667. The van der Waals surface area contributed by atoms with Crippen LogP contribution in [0.25, 0.3) is 0 Å². The third-order valence-electron chi connectivity index (χ3n) is 4.83. The topological polar surface area (TPSA) is 55.3 Å². The van der Waals surface area contributed by atoms with Crippen molar-refractivity contribution < 1.29 is 14.2 Å². The SMILES string of the molecule is CCNC(=NCC(OC)c1cccc(Cl)c1)N1CCC(OCCCOC)CC1. The zero-order chi connectivity index (χ0) is 20.2. The minimum absolute atomic E-state index is 0.117. The first-order chi connectivity index (χ1) is 13.7. The summed E-state index contributed by atoms with van der Waals surface area (Å²) in [6.45, 7) is 6.87. The maximum absolute atomic E-state index is 6.12. The predicted octanol–water partition coefficient (Wildman–Crippen LogP) is 3.51. The Kier molecular flexibility index (Phi) is 10.6. The second-order valence-electron chi connectivity index (χ2n) is 6.88. The summed E-state index contributed by atoms with van der Waals surface area (Å²) < 4.78 is 16.7. The maximum Gasteiger partial charge on any atom is 0.194 e. The number of halogens is 1. The predicted molar refractivity (Wildman–Crippen MR) is 114 cm³/mol. The van der Waals surface area contributed by atoms with Crippen molar-refractivity contribution in [2.45, 2.75) is 38.4 Å². The molecule has 1 aromatic carbocycles. The lowest BCUT2D eigenvalue weighted by Crippen LogP contribution is -2.47. The number of guanidine groups is 1. The van der Waals surface area contributed by atoms with Crippen molar-refractivity contribution in [1.29, 1.82) is 0 Å². The molecule has 7 heteroatoms. The first kappa shape index (κ1) is 22.9. The molecule has 1 unspecified atom stereocenters. The molecule has 1 aromatic rings. The lowest BCUT2D eigenvalue weighted by molar-refractivity contribution is 0.00984. The van der Waals surface area contributed by atoms with Crippen LogP contribution < -0.4 is 5.32 Å². The Morgan fingerprint density at radius 3 is 2.71 bits per heavy atom. The van der Waals surface area contributed by atoms with Crippen LogP contribution in [0.3, 0.4) is 0 Å². The van der Waals surface area contributed by atoms with Gasteiger partial charge in [-0.1, -0.05) is 23.7 Å². The number of nitrogens with zero attached hydrogens (tertiary/aromatic N) is 2. The number of rotatable bonds is 10. The summed E-state index contributed by atoms with van der Waals surface area (Å²) in [4.78, 5) is 7.14. The van der Waals surface area contributed by atoms with Gasteiger partial charge in [-0.2, -0.15) is 0 Å². The van der Waals surface area contributed by atoms with E-state index in [0.29, 0.717) is 17.7 Å². The fourth-order valence-electron chi connectivity index (χ4n) is 3.31. The van der Waals surface area contributed by atoms with E-state index in [-0.39, 0.29) is 6.10 Å². The zero-order valence-corrected chi connectivity index (χ0v) is 18.1. The third-order valence-corrected chi connectivity index (χ3v) is 5.07. The molecule has 1 aliphatic heterocycles. The average Bonchev–Trinajstić information content (AvgIpc) is 2.71. The van der Waals surface area contributed by atoms with Gasteiger partial charge in [-0.05, 0) is 43.9 Å². The summed E-state index contributed by atoms with van der Waals surface area (Å²) in [5.41, 5.74) is 1.04. The molecule has 1 fully saturated rings. The molecule has 1 atom stereocenters. The van der Waals surface area contributed by atoms with Crippen molar-refractivity contribution in [3.05, 3.63) is 34.9 Å². The molecule has 158 valence electrons. The van der Waals surface area contributed by atoms with Crippen LogP contribution in [0.5, 0.6) is 0 Å². The number of piperidine rings is 1. The van der Waals surface area contributed by atoms with Gasteiger partial charge in [0.25, 0.3) is 0 Å². The summed E-state index contributed by atoms with van der Waals surface area (Å²) >= 11 is 6.12. The normalized spacial score (nSPS) is 17.0. The fourth-order valence-corrected chi connectivity index (χ4v) is 3.50. The highest BCUT2D eigenvalue weighted by molar-refractivity contribution is 6.30. The first-order valence-electron chi connectivity index (χ1n) is 10.1. The number of nitrogens with one attached hydrogen (secondary N) is 1. The van der Waals surface area contributed by atoms with Crippen molar-refractivity contribution in [1.82, 2.24) is 10.2 Å². The van der Waals surface area contributed by atoms with Crippen molar-refractivity contribution in [2.75, 3.05) is 53.6 Å². The summed E-state index contributed by atoms with van der Waals surface area (Å²) in [6, 6.07) is 7.77. The lowest BCUT2D eigenvalue weighted by atomic mass is 10.1. The number of hydrogen-bond donors (Lipinski definition) is 1. The highest BCUT2D eigenvalue weighted by Crippen LogP contribution is 2.21. The van der Waals surface area contributed by atoms with E-state index >= 15 is 0 Å². The summed E-state index contributed by atoms with van der Waals surface area (Å²) in [6.07, 6.45) is 3.19. The van der Waals surface area contributed by atoms with Crippen molar-refractivity contribution in [3.8, 4) is 0 Å². The molecule has 0 aromatic heterocycles. The Morgan fingerprint density at radius 1 is 1.29 bits per heavy atom. The van der Waals surface area contributed by atoms with Crippen LogP contribution in [0.15, 0.2) is 29.3 Å². The van der Waals surface area contributed by atoms with Crippen LogP contribution in [0.2, 0.25) is 5.02 Å². The highest BCUT2D eigenvalue weighted by Gasteiger charge is 2.22. The number of methoxy groups -OCH3 is 2. The molecule has 1 saturated heterocycles. The Bertz CT molecular complexity index is 592. The Hall–Kier alpha value is -1.34. The van der Waals surface area contributed by atoms with Gasteiger partial charge in [0, 0.05) is 52.1 Å². The molecule has 0 spiro atoms. The molecule has 0 aliphatic carbocycles. The molecule has 1 heterocycles. The summed E-state index contributed by atoms with van der Waals surface area (Å²) in [7, 11) is 3.43. The van der Waals surface area contributed by atoms with Gasteiger partial charge in [0.05, 0.1) is 12.6 Å². The molecule has 0 bridgehead atoms. The van der Waals surface area contributed by atoms with E-state index in [1.54, 1.807) is 14.2 Å². The van der Waals surface area contributed by atoms with Crippen LogP contribution in [0.4, 0.5) is 0 Å². The van der Waals surface area contributed by atoms with Crippen LogP contribution in [-0.4, -0.2) is 70.6 Å². The van der Waals surface area contributed by atoms with Gasteiger partial charge < -0.3 is 24.4 Å². The number of ether oxygens (including phenoxy) is 3. The molecule has 28 heavy (non-hydrogen) atoms. The number of aliphatic imine (C=N–C) groups is 1. The first-order valence-corrected chi connectivity index (χ1v) is 10.5. The van der Waals surface area contributed by atoms with E-state index in [1.807, 2.05) is 24.3 Å². The minimum atomic E-state index is -0.117. The van der Waals surface area contributed by atoms with Crippen LogP contribution >= 0.6 is 11.6 Å². The molecule has 0 saturated carbocycles. The van der Waals surface area contributed by atoms with E-state index in [1.165, 1.54) is 0 Å². The largest absolute Gasteiger partial charge is 0.385 e. The molecular weight excluding hydrogens is 378 g/mol. The third kappa shape index (κ3) is 7.59. The Balaban J connectivity index is 1.89. The van der Waals surface area contributed by atoms with Crippen molar-refractivity contribution in [3.63, 3.8) is 0 Å². The van der Waals surface area contributed by atoms with Gasteiger partial charge in [-0.25, -0.2) is 0 Å². The van der Waals surface area contributed by atoms with Crippen LogP contribution in [0.1, 0.15) is 37.9 Å². The van der Waals surface area contributed by atoms with Gasteiger partial charge in [-0.3, -0.25) is 4.99 Å². The van der Waals surface area contributed by atoms with Gasteiger partial charge in [-0.15, -0.1) is 0 Å². The van der Waals surface area contributed by atoms with Gasteiger partial charge in [0.15, 0.2) is 5.96 Å². The average molecular weight is 412 g/mol. The smallest absolute Gasteiger partial charge is 0.194 e. The van der Waals surface area contributed by atoms with Gasteiger partial charge in [0.2, 0.25) is 0 Å².